The molecule has 3 rings (SSSR count). The van der Waals surface area contributed by atoms with Crippen molar-refractivity contribution in [3.8, 4) is 11.5 Å². The van der Waals surface area contributed by atoms with Crippen molar-refractivity contribution >= 4 is 5.91 Å². The van der Waals surface area contributed by atoms with Gasteiger partial charge in [-0.25, -0.2) is 0 Å². The summed E-state index contributed by atoms with van der Waals surface area (Å²) in [6, 6.07) is 5.87. The summed E-state index contributed by atoms with van der Waals surface area (Å²) in [5.41, 5.74) is 1.10. The summed E-state index contributed by atoms with van der Waals surface area (Å²) < 4.78 is 11.3. The highest BCUT2D eigenvalue weighted by atomic mass is 16.5. The molecule has 0 bridgehead atoms. The largest absolute Gasteiger partial charge is 0.490 e. The van der Waals surface area contributed by atoms with Gasteiger partial charge in [-0.05, 0) is 30.5 Å². The third-order valence-electron chi connectivity index (χ3n) is 3.65. The van der Waals surface area contributed by atoms with E-state index in [1.54, 1.807) is 0 Å². The first kappa shape index (κ1) is 13.2. The molecule has 0 saturated carbocycles. The van der Waals surface area contributed by atoms with Crippen LogP contribution in [-0.2, 0) is 11.3 Å². The van der Waals surface area contributed by atoms with Gasteiger partial charge in [0.15, 0.2) is 11.5 Å². The zero-order valence-corrected chi connectivity index (χ0v) is 11.5. The van der Waals surface area contributed by atoms with E-state index in [1.807, 2.05) is 18.2 Å². The summed E-state index contributed by atoms with van der Waals surface area (Å²) in [5, 5.41) is 6.18. The predicted molar refractivity (Wildman–Crippen MR) is 74.9 cm³/mol. The van der Waals surface area contributed by atoms with Crippen LogP contribution in [0, 0.1) is 0 Å². The molecule has 1 aromatic rings. The zero-order chi connectivity index (χ0) is 13.8. The molecular formula is C15H20N2O3. The average molecular weight is 276 g/mol. The lowest BCUT2D eigenvalue weighted by Gasteiger charge is -2.23. The maximum absolute atomic E-state index is 11.7. The first-order valence-electron chi connectivity index (χ1n) is 7.22. The van der Waals surface area contributed by atoms with E-state index in [9.17, 15) is 4.79 Å². The molecule has 1 fully saturated rings. The Hall–Kier alpha value is -1.75. The molecule has 2 aliphatic heterocycles. The van der Waals surface area contributed by atoms with Crippen LogP contribution < -0.4 is 20.1 Å². The first-order chi connectivity index (χ1) is 9.83. The maximum atomic E-state index is 11.7. The van der Waals surface area contributed by atoms with Crippen LogP contribution in [-0.4, -0.2) is 31.7 Å². The zero-order valence-electron chi connectivity index (χ0n) is 11.5. The molecule has 0 spiro atoms. The Morgan fingerprint density at radius 1 is 1.20 bits per heavy atom. The Labute approximate surface area is 118 Å². The number of rotatable bonds is 3. The third kappa shape index (κ3) is 3.04. The van der Waals surface area contributed by atoms with Crippen LogP contribution in [0.15, 0.2) is 18.2 Å². The highest BCUT2D eigenvalue weighted by Crippen LogP contribution is 2.30. The number of carbonyl (C=O) groups is 1. The maximum Gasteiger partial charge on any atom is 0.237 e. The number of fused-ring (bicyclic) bond motifs is 1. The number of nitrogens with one attached hydrogen (secondary N) is 2. The van der Waals surface area contributed by atoms with E-state index in [2.05, 4.69) is 10.6 Å². The molecule has 0 aliphatic carbocycles. The Morgan fingerprint density at radius 3 is 2.90 bits per heavy atom. The van der Waals surface area contributed by atoms with E-state index in [0.717, 1.165) is 42.9 Å². The molecule has 1 amide bonds. The minimum Gasteiger partial charge on any atom is -0.490 e. The lowest BCUT2D eigenvalue weighted by Crippen LogP contribution is -2.47. The fourth-order valence-electron chi connectivity index (χ4n) is 2.53. The van der Waals surface area contributed by atoms with E-state index in [0.29, 0.717) is 19.8 Å². The summed E-state index contributed by atoms with van der Waals surface area (Å²) in [6.07, 6.45) is 2.84. The van der Waals surface area contributed by atoms with Crippen LogP contribution in [0.5, 0.6) is 11.5 Å². The van der Waals surface area contributed by atoms with Crippen molar-refractivity contribution in [2.45, 2.75) is 31.8 Å². The SMILES string of the molecule is O=C1NCCCC1NCc1ccc2c(c1)OCCCO2. The fraction of sp³-hybridized carbons (Fsp3) is 0.533. The van der Waals surface area contributed by atoms with Crippen molar-refractivity contribution in [1.29, 1.82) is 0 Å². The normalized spacial score (nSPS) is 22.0. The molecule has 1 aromatic carbocycles. The minimum atomic E-state index is -0.0836. The van der Waals surface area contributed by atoms with Gasteiger partial charge in [0.05, 0.1) is 19.3 Å². The average Bonchev–Trinajstić information content (AvgIpc) is 2.71. The van der Waals surface area contributed by atoms with E-state index >= 15 is 0 Å². The van der Waals surface area contributed by atoms with Crippen LogP contribution in [0.1, 0.15) is 24.8 Å². The lowest BCUT2D eigenvalue weighted by atomic mass is 10.1. The monoisotopic (exact) mass is 276 g/mol. The van der Waals surface area contributed by atoms with Gasteiger partial charge in [0.2, 0.25) is 5.91 Å². The third-order valence-corrected chi connectivity index (χ3v) is 3.65. The summed E-state index contributed by atoms with van der Waals surface area (Å²) >= 11 is 0. The van der Waals surface area contributed by atoms with Crippen molar-refractivity contribution in [3.05, 3.63) is 23.8 Å². The standard InChI is InChI=1S/C15H20N2O3/c18-15-12(3-1-6-16-15)17-10-11-4-5-13-14(9-11)20-8-2-7-19-13/h4-5,9,12,17H,1-3,6-8,10H2,(H,16,18). The number of benzene rings is 1. The van der Waals surface area contributed by atoms with Gasteiger partial charge in [0.25, 0.3) is 0 Å². The van der Waals surface area contributed by atoms with Crippen LogP contribution in [0.25, 0.3) is 0 Å². The Morgan fingerprint density at radius 2 is 2.05 bits per heavy atom. The molecule has 0 aromatic heterocycles. The predicted octanol–water partition coefficient (Wildman–Crippen LogP) is 1.22. The fourth-order valence-corrected chi connectivity index (χ4v) is 2.53. The molecule has 2 aliphatic rings. The molecule has 20 heavy (non-hydrogen) atoms. The van der Waals surface area contributed by atoms with Crippen LogP contribution in [0.3, 0.4) is 0 Å². The van der Waals surface area contributed by atoms with Crippen molar-refractivity contribution in [2.75, 3.05) is 19.8 Å². The molecule has 5 heteroatoms. The Bertz CT molecular complexity index is 490. The van der Waals surface area contributed by atoms with Crippen molar-refractivity contribution < 1.29 is 14.3 Å². The molecule has 2 heterocycles. The van der Waals surface area contributed by atoms with Gasteiger partial charge in [-0.15, -0.1) is 0 Å². The second-order valence-electron chi connectivity index (χ2n) is 5.20. The topological polar surface area (TPSA) is 59.6 Å². The first-order valence-corrected chi connectivity index (χ1v) is 7.22. The van der Waals surface area contributed by atoms with Crippen molar-refractivity contribution in [3.63, 3.8) is 0 Å². The number of piperidine rings is 1. The minimum absolute atomic E-state index is 0.0836. The molecular weight excluding hydrogens is 256 g/mol. The molecule has 5 nitrogen and oxygen atoms in total. The van der Waals surface area contributed by atoms with Crippen LogP contribution in [0.4, 0.5) is 0 Å². The van der Waals surface area contributed by atoms with Crippen LogP contribution >= 0.6 is 0 Å². The van der Waals surface area contributed by atoms with Gasteiger partial charge in [0.1, 0.15) is 0 Å². The Kier molecular flexibility index (Phi) is 4.06. The van der Waals surface area contributed by atoms with E-state index in [-0.39, 0.29) is 11.9 Å². The van der Waals surface area contributed by atoms with Gasteiger partial charge in [-0.1, -0.05) is 6.07 Å². The number of ether oxygens (including phenoxy) is 2. The van der Waals surface area contributed by atoms with Gasteiger partial charge in [0, 0.05) is 19.5 Å². The molecule has 1 saturated heterocycles. The van der Waals surface area contributed by atoms with Crippen molar-refractivity contribution in [1.82, 2.24) is 10.6 Å². The summed E-state index contributed by atoms with van der Waals surface area (Å²) in [4.78, 5) is 11.7. The second kappa shape index (κ2) is 6.13. The van der Waals surface area contributed by atoms with Gasteiger partial charge in [-0.2, -0.15) is 0 Å². The molecule has 1 unspecified atom stereocenters. The van der Waals surface area contributed by atoms with Crippen molar-refractivity contribution in [2.24, 2.45) is 0 Å². The summed E-state index contributed by atoms with van der Waals surface area (Å²) in [6.45, 7) is 2.84. The van der Waals surface area contributed by atoms with E-state index in [1.165, 1.54) is 0 Å². The summed E-state index contributed by atoms with van der Waals surface area (Å²) in [5.74, 6) is 1.71. The van der Waals surface area contributed by atoms with E-state index < -0.39 is 0 Å². The number of hydrogen-bond acceptors (Lipinski definition) is 4. The van der Waals surface area contributed by atoms with E-state index in [4.69, 9.17) is 9.47 Å². The number of hydrogen-bond donors (Lipinski definition) is 2. The summed E-state index contributed by atoms with van der Waals surface area (Å²) in [7, 11) is 0. The molecule has 1 atom stereocenters. The number of carbonyl (C=O) groups excluding carboxylic acids is 1. The highest BCUT2D eigenvalue weighted by molar-refractivity contribution is 5.82. The second-order valence-corrected chi connectivity index (χ2v) is 5.20. The van der Waals surface area contributed by atoms with Gasteiger partial charge < -0.3 is 20.1 Å². The lowest BCUT2D eigenvalue weighted by molar-refractivity contribution is -0.124. The van der Waals surface area contributed by atoms with Gasteiger partial charge in [-0.3, -0.25) is 4.79 Å². The molecule has 108 valence electrons. The van der Waals surface area contributed by atoms with Gasteiger partial charge >= 0.3 is 0 Å². The quantitative estimate of drug-likeness (QED) is 0.871. The number of amides is 1. The molecule has 0 radical (unpaired) electrons. The Balaban J connectivity index is 1.62. The van der Waals surface area contributed by atoms with Crippen LogP contribution in [0.2, 0.25) is 0 Å². The molecule has 2 N–H and O–H groups in total. The smallest absolute Gasteiger partial charge is 0.237 e. The highest BCUT2D eigenvalue weighted by Gasteiger charge is 2.21.